The number of aromatic hydroxyl groups is 1. The van der Waals surface area contributed by atoms with Gasteiger partial charge in [-0.2, -0.15) is 0 Å². The lowest BCUT2D eigenvalue weighted by atomic mass is 9.43. The minimum atomic E-state index is -0.797. The normalized spacial score (nSPS) is 37.3. The van der Waals surface area contributed by atoms with E-state index < -0.39 is 34.6 Å². The zero-order valence-corrected chi connectivity index (χ0v) is 19.5. The molecule has 1 aromatic rings. The van der Waals surface area contributed by atoms with Crippen molar-refractivity contribution < 1.29 is 34.4 Å². The molecule has 2 fully saturated rings. The maximum absolute atomic E-state index is 11.8. The summed E-state index contributed by atoms with van der Waals surface area (Å²) in [4.78, 5) is 23.4. The Kier molecular flexibility index (Phi) is 5.37. The third-order valence-corrected chi connectivity index (χ3v) is 8.88. The molecule has 0 bridgehead atoms. The van der Waals surface area contributed by atoms with E-state index in [0.717, 1.165) is 12.8 Å². The number of aliphatic hydroxyl groups is 2. The molecule has 176 valence electrons. The number of carbonyl (C=O) groups is 2. The van der Waals surface area contributed by atoms with Crippen LogP contribution in [0.4, 0.5) is 0 Å². The maximum Gasteiger partial charge on any atom is 0.302 e. The minimum absolute atomic E-state index is 0.0901. The van der Waals surface area contributed by atoms with E-state index in [4.69, 9.17) is 9.47 Å². The number of rotatable bonds is 3. The summed E-state index contributed by atoms with van der Waals surface area (Å²) in [5.74, 6) is 0.132. The molecule has 3 aliphatic rings. The summed E-state index contributed by atoms with van der Waals surface area (Å²) in [6, 6.07) is 1.65. The maximum atomic E-state index is 11.8. The van der Waals surface area contributed by atoms with Crippen LogP contribution in [0.1, 0.15) is 75.4 Å². The van der Waals surface area contributed by atoms with Crippen LogP contribution in [-0.2, 0) is 22.6 Å². The van der Waals surface area contributed by atoms with Gasteiger partial charge in [0.25, 0.3) is 0 Å². The summed E-state index contributed by atoms with van der Waals surface area (Å²) in [5.41, 5.74) is -0.708. The van der Waals surface area contributed by atoms with E-state index in [9.17, 15) is 24.9 Å². The number of esters is 1. The van der Waals surface area contributed by atoms with Crippen molar-refractivity contribution in [1.82, 2.24) is 0 Å². The molecular weight excluding hydrogens is 412 g/mol. The van der Waals surface area contributed by atoms with Crippen molar-refractivity contribution in [2.75, 3.05) is 0 Å². The van der Waals surface area contributed by atoms with Gasteiger partial charge in [-0.15, -0.1) is 0 Å². The standard InChI is InChI=1S/C25H34O7/c1-13-6-7-20-23(3,4)22(30)19(31-14(2)28)10-24(20,5)25(13)9-16-18(32-25)8-15(11-26)17(12-27)21(16)29/h8,12-13,19-20,22,26,29-30H,6-7,9-11H2,1-5H3. The Bertz CT molecular complexity index is 954. The van der Waals surface area contributed by atoms with Gasteiger partial charge in [0.15, 0.2) is 6.29 Å². The van der Waals surface area contributed by atoms with Crippen LogP contribution < -0.4 is 4.74 Å². The average Bonchev–Trinajstić information content (AvgIpc) is 3.11. The number of benzene rings is 1. The van der Waals surface area contributed by atoms with E-state index in [1.807, 2.05) is 13.8 Å². The molecule has 32 heavy (non-hydrogen) atoms. The molecular formula is C25H34O7. The highest BCUT2D eigenvalue weighted by Crippen LogP contribution is 2.67. The summed E-state index contributed by atoms with van der Waals surface area (Å²) >= 11 is 0. The SMILES string of the molecule is CC(=O)OC1CC2(C)C(CCC(C)C23Cc2c(cc(CO)c(C=O)c2O)O3)C(C)(C)C1O. The number of phenolic OH excluding ortho intramolecular Hbond substituents is 1. The number of carbonyl (C=O) groups excluding carboxylic acids is 2. The Morgan fingerprint density at radius 3 is 2.59 bits per heavy atom. The van der Waals surface area contributed by atoms with Gasteiger partial charge >= 0.3 is 5.97 Å². The molecule has 0 radical (unpaired) electrons. The van der Waals surface area contributed by atoms with E-state index in [1.165, 1.54) is 6.92 Å². The van der Waals surface area contributed by atoms with Crippen LogP contribution in [0.2, 0.25) is 0 Å². The van der Waals surface area contributed by atoms with Crippen LogP contribution in [0.25, 0.3) is 0 Å². The van der Waals surface area contributed by atoms with Crippen LogP contribution in [0.5, 0.6) is 11.5 Å². The molecule has 1 heterocycles. The summed E-state index contributed by atoms with van der Waals surface area (Å²) in [6.07, 6.45) is 1.75. The van der Waals surface area contributed by atoms with Crippen molar-refractivity contribution in [2.24, 2.45) is 22.7 Å². The van der Waals surface area contributed by atoms with Gasteiger partial charge < -0.3 is 24.8 Å². The fourth-order valence-electron chi connectivity index (χ4n) is 7.24. The van der Waals surface area contributed by atoms with Crippen LogP contribution in [0, 0.1) is 22.7 Å². The minimum Gasteiger partial charge on any atom is -0.507 e. The first-order valence-corrected chi connectivity index (χ1v) is 11.4. The molecule has 0 aromatic heterocycles. The average molecular weight is 447 g/mol. The zero-order valence-electron chi connectivity index (χ0n) is 19.5. The van der Waals surface area contributed by atoms with Crippen LogP contribution in [0.15, 0.2) is 6.07 Å². The first kappa shape index (κ1) is 23.1. The molecule has 0 amide bonds. The quantitative estimate of drug-likeness (QED) is 0.483. The number of hydrogen-bond acceptors (Lipinski definition) is 7. The molecule has 2 saturated carbocycles. The van der Waals surface area contributed by atoms with Crippen LogP contribution in [0.3, 0.4) is 0 Å². The van der Waals surface area contributed by atoms with Crippen LogP contribution >= 0.6 is 0 Å². The summed E-state index contributed by atoms with van der Waals surface area (Å²) in [7, 11) is 0. The van der Waals surface area contributed by atoms with E-state index in [0.29, 0.717) is 36.0 Å². The van der Waals surface area contributed by atoms with E-state index >= 15 is 0 Å². The number of fused-ring (bicyclic) bond motifs is 3. The van der Waals surface area contributed by atoms with Gasteiger partial charge in [0.05, 0.1) is 18.3 Å². The number of phenols is 1. The second-order valence-corrected chi connectivity index (χ2v) is 10.8. The van der Waals surface area contributed by atoms with Gasteiger partial charge in [-0.3, -0.25) is 9.59 Å². The van der Waals surface area contributed by atoms with E-state index in [2.05, 4.69) is 13.8 Å². The van der Waals surface area contributed by atoms with Crippen molar-refractivity contribution in [2.45, 2.75) is 84.7 Å². The summed E-state index contributed by atoms with van der Waals surface area (Å²) < 4.78 is 12.3. The van der Waals surface area contributed by atoms with Crippen molar-refractivity contribution in [3.05, 3.63) is 22.8 Å². The lowest BCUT2D eigenvalue weighted by molar-refractivity contribution is -0.245. The largest absolute Gasteiger partial charge is 0.507 e. The molecule has 4 rings (SSSR count). The highest BCUT2D eigenvalue weighted by molar-refractivity contribution is 5.84. The van der Waals surface area contributed by atoms with Crippen molar-refractivity contribution in [1.29, 1.82) is 0 Å². The van der Waals surface area contributed by atoms with Crippen molar-refractivity contribution in [3.63, 3.8) is 0 Å². The highest BCUT2D eigenvalue weighted by Gasteiger charge is 2.69. The molecule has 1 aromatic carbocycles. The summed E-state index contributed by atoms with van der Waals surface area (Å²) in [6.45, 7) is 9.30. The number of hydrogen-bond donors (Lipinski definition) is 3. The van der Waals surface area contributed by atoms with Gasteiger partial charge in [-0.05, 0) is 48.1 Å². The second kappa shape index (κ2) is 7.45. The second-order valence-electron chi connectivity index (χ2n) is 10.8. The Hall–Kier alpha value is -2.12. The molecule has 6 atom stereocenters. The lowest BCUT2D eigenvalue weighted by Crippen LogP contribution is -2.69. The van der Waals surface area contributed by atoms with E-state index in [1.54, 1.807) is 6.07 Å². The van der Waals surface area contributed by atoms with Gasteiger partial charge in [0.2, 0.25) is 0 Å². The number of aliphatic hydroxyl groups excluding tert-OH is 2. The van der Waals surface area contributed by atoms with E-state index in [-0.39, 0.29) is 29.8 Å². The van der Waals surface area contributed by atoms with Crippen molar-refractivity contribution in [3.8, 4) is 11.5 Å². The fraction of sp³-hybridized carbons (Fsp3) is 0.680. The molecule has 3 N–H and O–H groups in total. The predicted molar refractivity (Wildman–Crippen MR) is 116 cm³/mol. The monoisotopic (exact) mass is 446 g/mol. The molecule has 7 nitrogen and oxygen atoms in total. The Labute approximate surface area is 188 Å². The molecule has 6 unspecified atom stereocenters. The predicted octanol–water partition coefficient (Wildman–Crippen LogP) is 3.15. The molecule has 1 aliphatic heterocycles. The Balaban J connectivity index is 1.85. The molecule has 1 spiro atoms. The zero-order chi connectivity index (χ0) is 23.6. The van der Waals surface area contributed by atoms with Gasteiger partial charge in [-0.1, -0.05) is 27.7 Å². The Morgan fingerprint density at radius 2 is 2.00 bits per heavy atom. The third kappa shape index (κ3) is 2.93. The van der Waals surface area contributed by atoms with Crippen LogP contribution in [-0.4, -0.2) is 45.4 Å². The molecule has 0 saturated heterocycles. The topological polar surface area (TPSA) is 113 Å². The summed E-state index contributed by atoms with van der Waals surface area (Å²) in [5, 5.41) is 31.7. The van der Waals surface area contributed by atoms with Gasteiger partial charge in [-0.25, -0.2) is 0 Å². The number of aldehydes is 1. The molecule has 7 heteroatoms. The van der Waals surface area contributed by atoms with Gasteiger partial charge in [0.1, 0.15) is 23.2 Å². The highest BCUT2D eigenvalue weighted by atomic mass is 16.6. The third-order valence-electron chi connectivity index (χ3n) is 8.88. The first-order valence-electron chi connectivity index (χ1n) is 11.4. The van der Waals surface area contributed by atoms with Crippen molar-refractivity contribution >= 4 is 12.3 Å². The van der Waals surface area contributed by atoms with Gasteiger partial charge in [0, 0.05) is 24.3 Å². The first-order chi connectivity index (χ1) is 14.9. The number of ether oxygens (including phenoxy) is 2. The lowest BCUT2D eigenvalue weighted by Gasteiger charge is -2.65. The fourth-order valence-corrected chi connectivity index (χ4v) is 7.24. The Morgan fingerprint density at radius 1 is 1.31 bits per heavy atom. The smallest absolute Gasteiger partial charge is 0.302 e. The molecule has 2 aliphatic carbocycles.